The second-order valence-corrected chi connectivity index (χ2v) is 7.05. The molecule has 0 atom stereocenters. The number of carbonyl (C=O) groups excluding carboxylic acids is 1. The van der Waals surface area contributed by atoms with Gasteiger partial charge in [0.2, 0.25) is 0 Å². The van der Waals surface area contributed by atoms with Gasteiger partial charge in [-0.25, -0.2) is 4.39 Å². The Hall–Kier alpha value is -2.82. The van der Waals surface area contributed by atoms with Gasteiger partial charge in [0.1, 0.15) is 17.3 Å². The van der Waals surface area contributed by atoms with Crippen molar-refractivity contribution in [2.45, 2.75) is 45.7 Å². The number of hydrogen-bond acceptors (Lipinski definition) is 2. The van der Waals surface area contributed by atoms with Gasteiger partial charge < -0.3 is 14.3 Å². The molecule has 1 N–H and O–H groups in total. The Morgan fingerprint density at radius 2 is 2.00 bits per heavy atom. The normalized spacial score (nSPS) is 13.4. The number of furan rings is 1. The number of fused-ring (bicyclic) bond motifs is 1. The maximum atomic E-state index is 14.3. The van der Waals surface area contributed by atoms with Crippen molar-refractivity contribution in [2.75, 3.05) is 0 Å². The van der Waals surface area contributed by atoms with Crippen molar-refractivity contribution in [1.29, 1.82) is 0 Å². The molecule has 0 fully saturated rings. The van der Waals surface area contributed by atoms with E-state index in [9.17, 15) is 9.18 Å². The zero-order chi connectivity index (χ0) is 18.8. The third kappa shape index (κ3) is 3.42. The lowest BCUT2D eigenvalue weighted by Gasteiger charge is -2.17. The van der Waals surface area contributed by atoms with E-state index >= 15 is 0 Å². The van der Waals surface area contributed by atoms with Gasteiger partial charge in [0.25, 0.3) is 5.91 Å². The standard InChI is InChI=1S/C22H23FN2O2/c1-15-18-9-3-5-11-20(18)25(14-16-7-2-4-10-19(16)23)21(15)22(26)24-13-17-8-6-12-27-17/h2,4,6-8,10,12H,3,5,9,11,13-14H2,1H3,(H,24,26). The van der Waals surface area contributed by atoms with Crippen molar-refractivity contribution in [3.05, 3.63) is 82.3 Å². The lowest BCUT2D eigenvalue weighted by atomic mass is 9.95. The summed E-state index contributed by atoms with van der Waals surface area (Å²) >= 11 is 0. The van der Waals surface area contributed by atoms with Gasteiger partial charge in [-0.05, 0) is 61.9 Å². The number of benzene rings is 1. The molecular formula is C22H23FN2O2. The summed E-state index contributed by atoms with van der Waals surface area (Å²) < 4.78 is 21.6. The fourth-order valence-corrected chi connectivity index (χ4v) is 4.00. The van der Waals surface area contributed by atoms with E-state index in [1.165, 1.54) is 17.3 Å². The molecule has 1 aromatic carbocycles. The summed E-state index contributed by atoms with van der Waals surface area (Å²) in [6, 6.07) is 10.4. The largest absolute Gasteiger partial charge is 0.467 e. The van der Waals surface area contributed by atoms with E-state index in [4.69, 9.17) is 4.42 Å². The number of nitrogens with zero attached hydrogens (tertiary/aromatic N) is 1. The van der Waals surface area contributed by atoms with Crippen LogP contribution in [0.15, 0.2) is 47.1 Å². The molecule has 4 nitrogen and oxygen atoms in total. The Bertz CT molecular complexity index is 957. The number of aromatic nitrogens is 1. The Balaban J connectivity index is 1.70. The monoisotopic (exact) mass is 366 g/mol. The number of hydrogen-bond donors (Lipinski definition) is 1. The Kier molecular flexibility index (Phi) is 4.84. The average Bonchev–Trinajstić information content (AvgIpc) is 3.29. The highest BCUT2D eigenvalue weighted by Gasteiger charge is 2.26. The first-order valence-corrected chi connectivity index (χ1v) is 9.40. The van der Waals surface area contributed by atoms with E-state index in [0.29, 0.717) is 30.1 Å². The molecule has 5 heteroatoms. The van der Waals surface area contributed by atoms with Crippen LogP contribution < -0.4 is 5.32 Å². The molecule has 2 heterocycles. The molecule has 0 aliphatic heterocycles. The van der Waals surface area contributed by atoms with Crippen molar-refractivity contribution < 1.29 is 13.6 Å². The van der Waals surface area contributed by atoms with Crippen LogP contribution >= 0.6 is 0 Å². The van der Waals surface area contributed by atoms with Gasteiger partial charge in [0, 0.05) is 11.3 Å². The van der Waals surface area contributed by atoms with Gasteiger partial charge in [-0.3, -0.25) is 4.79 Å². The van der Waals surface area contributed by atoms with Crippen LogP contribution in [0.3, 0.4) is 0 Å². The lowest BCUT2D eigenvalue weighted by Crippen LogP contribution is -2.27. The molecule has 1 aliphatic carbocycles. The minimum absolute atomic E-state index is 0.144. The quantitative estimate of drug-likeness (QED) is 0.728. The number of amides is 1. The summed E-state index contributed by atoms with van der Waals surface area (Å²) in [4.78, 5) is 13.0. The van der Waals surface area contributed by atoms with Crippen LogP contribution in [0.5, 0.6) is 0 Å². The second-order valence-electron chi connectivity index (χ2n) is 7.05. The summed E-state index contributed by atoms with van der Waals surface area (Å²) in [5.41, 5.74) is 4.67. The number of carbonyl (C=O) groups is 1. The summed E-state index contributed by atoms with van der Waals surface area (Å²) in [5.74, 6) is 0.322. The van der Waals surface area contributed by atoms with Crippen molar-refractivity contribution in [2.24, 2.45) is 0 Å². The number of rotatable bonds is 5. The van der Waals surface area contributed by atoms with E-state index in [1.807, 2.05) is 23.6 Å². The summed E-state index contributed by atoms with van der Waals surface area (Å²) in [5, 5.41) is 2.94. The minimum Gasteiger partial charge on any atom is -0.467 e. The molecule has 0 radical (unpaired) electrons. The first-order valence-electron chi connectivity index (χ1n) is 9.40. The third-order valence-electron chi connectivity index (χ3n) is 5.35. The van der Waals surface area contributed by atoms with Crippen molar-refractivity contribution >= 4 is 5.91 Å². The fraction of sp³-hybridized carbons (Fsp3) is 0.318. The Labute approximate surface area is 158 Å². The first-order chi connectivity index (χ1) is 13.1. The van der Waals surface area contributed by atoms with Crippen LogP contribution in [-0.4, -0.2) is 10.5 Å². The Morgan fingerprint density at radius 3 is 2.78 bits per heavy atom. The lowest BCUT2D eigenvalue weighted by molar-refractivity contribution is 0.0938. The zero-order valence-corrected chi connectivity index (χ0v) is 15.4. The van der Waals surface area contributed by atoms with Crippen LogP contribution in [0.1, 0.15) is 51.5 Å². The highest BCUT2D eigenvalue weighted by Crippen LogP contribution is 2.30. The van der Waals surface area contributed by atoms with Crippen LogP contribution in [-0.2, 0) is 25.9 Å². The summed E-state index contributed by atoms with van der Waals surface area (Å²) in [6.07, 6.45) is 5.72. The van der Waals surface area contributed by atoms with Gasteiger partial charge >= 0.3 is 0 Å². The van der Waals surface area contributed by atoms with Crippen molar-refractivity contribution in [3.63, 3.8) is 0 Å². The van der Waals surface area contributed by atoms with Crippen LogP contribution in [0.2, 0.25) is 0 Å². The van der Waals surface area contributed by atoms with Crippen LogP contribution in [0.25, 0.3) is 0 Å². The molecular weight excluding hydrogens is 343 g/mol. The SMILES string of the molecule is Cc1c2c(n(Cc3ccccc3F)c1C(=O)NCc1ccco1)CCCC2. The fourth-order valence-electron chi connectivity index (χ4n) is 4.00. The Morgan fingerprint density at radius 1 is 1.19 bits per heavy atom. The van der Waals surface area contributed by atoms with Crippen molar-refractivity contribution in [3.8, 4) is 0 Å². The predicted octanol–water partition coefficient (Wildman–Crippen LogP) is 4.39. The molecule has 2 aromatic heterocycles. The van der Waals surface area contributed by atoms with Gasteiger partial charge in [-0.15, -0.1) is 0 Å². The average molecular weight is 366 g/mol. The van der Waals surface area contributed by atoms with E-state index < -0.39 is 0 Å². The second kappa shape index (κ2) is 7.43. The van der Waals surface area contributed by atoms with E-state index in [2.05, 4.69) is 5.32 Å². The third-order valence-corrected chi connectivity index (χ3v) is 5.35. The summed E-state index contributed by atoms with van der Waals surface area (Å²) in [6.45, 7) is 2.71. The van der Waals surface area contributed by atoms with E-state index in [1.54, 1.807) is 24.5 Å². The van der Waals surface area contributed by atoms with Crippen molar-refractivity contribution in [1.82, 2.24) is 9.88 Å². The number of halogens is 1. The topological polar surface area (TPSA) is 47.2 Å². The van der Waals surface area contributed by atoms with Gasteiger partial charge in [-0.1, -0.05) is 18.2 Å². The molecule has 1 aliphatic rings. The number of nitrogens with one attached hydrogen (secondary N) is 1. The molecule has 140 valence electrons. The highest BCUT2D eigenvalue weighted by atomic mass is 19.1. The molecule has 0 unspecified atom stereocenters. The molecule has 0 spiro atoms. The minimum atomic E-state index is -0.240. The van der Waals surface area contributed by atoms with E-state index in [0.717, 1.165) is 31.2 Å². The van der Waals surface area contributed by atoms with Gasteiger partial charge in [-0.2, -0.15) is 0 Å². The highest BCUT2D eigenvalue weighted by molar-refractivity contribution is 5.95. The molecule has 1 amide bonds. The molecule has 0 saturated heterocycles. The first kappa shape index (κ1) is 17.6. The molecule has 4 rings (SSSR count). The molecule has 0 bridgehead atoms. The maximum Gasteiger partial charge on any atom is 0.268 e. The predicted molar refractivity (Wildman–Crippen MR) is 101 cm³/mol. The maximum absolute atomic E-state index is 14.3. The smallest absolute Gasteiger partial charge is 0.268 e. The van der Waals surface area contributed by atoms with Crippen LogP contribution in [0, 0.1) is 12.7 Å². The molecule has 3 aromatic rings. The zero-order valence-electron chi connectivity index (χ0n) is 15.4. The van der Waals surface area contributed by atoms with E-state index in [-0.39, 0.29) is 11.7 Å². The summed E-state index contributed by atoms with van der Waals surface area (Å²) in [7, 11) is 0. The molecule has 27 heavy (non-hydrogen) atoms. The van der Waals surface area contributed by atoms with Gasteiger partial charge in [0.05, 0.1) is 19.4 Å². The molecule has 0 saturated carbocycles. The van der Waals surface area contributed by atoms with Gasteiger partial charge in [0.15, 0.2) is 0 Å². The van der Waals surface area contributed by atoms with Crippen LogP contribution in [0.4, 0.5) is 4.39 Å².